The number of thioether (sulfide) groups is 1. The summed E-state index contributed by atoms with van der Waals surface area (Å²) in [4.78, 5) is 22.3. The molecule has 0 amide bonds. The monoisotopic (exact) mass is 292 g/mol. The Morgan fingerprint density at radius 1 is 1.11 bits per heavy atom. The van der Waals surface area contributed by atoms with Crippen molar-refractivity contribution in [1.82, 2.24) is 0 Å². The normalized spacial score (nSPS) is 13.8. The predicted octanol–water partition coefficient (Wildman–Crippen LogP) is 2.33. The van der Waals surface area contributed by atoms with E-state index in [9.17, 15) is 9.59 Å². The van der Waals surface area contributed by atoms with Crippen molar-refractivity contribution in [2.45, 2.75) is 50.0 Å². The molecule has 0 heterocycles. The second kappa shape index (κ2) is 11.1. The molecule has 0 spiro atoms. The number of carbonyl (C=O) groups excluding carboxylic acids is 1. The first-order chi connectivity index (χ1) is 9.03. The minimum atomic E-state index is -0.795. The van der Waals surface area contributed by atoms with E-state index in [0.29, 0.717) is 13.0 Å². The fraction of sp³-hybridized carbons (Fsp3) is 0.846. The highest BCUT2D eigenvalue weighted by Gasteiger charge is 2.20. The number of hydrogen-bond acceptors (Lipinski definition) is 5. The summed E-state index contributed by atoms with van der Waals surface area (Å²) in [6.45, 7) is 4.62. The second-order valence-corrected chi connectivity index (χ2v) is 5.82. The molecule has 0 fully saturated rings. The minimum Gasteiger partial charge on any atom is -0.481 e. The van der Waals surface area contributed by atoms with Crippen LogP contribution in [0, 0.1) is 0 Å². The smallest absolute Gasteiger partial charge is 0.306 e. The van der Waals surface area contributed by atoms with Crippen LogP contribution >= 0.6 is 11.8 Å². The van der Waals surface area contributed by atoms with Crippen molar-refractivity contribution >= 4 is 23.7 Å². The minimum absolute atomic E-state index is 0.0502. The van der Waals surface area contributed by atoms with Crippen LogP contribution in [0.15, 0.2) is 0 Å². The van der Waals surface area contributed by atoms with Gasteiger partial charge in [0, 0.05) is 17.6 Å². The van der Waals surface area contributed by atoms with E-state index < -0.39 is 5.97 Å². The SMILES string of the molecule is CCC(CC(=O)O)SC(CC)CC(=O)OCCOC. The van der Waals surface area contributed by atoms with Gasteiger partial charge in [-0.15, -0.1) is 0 Å². The van der Waals surface area contributed by atoms with Gasteiger partial charge in [-0.25, -0.2) is 0 Å². The van der Waals surface area contributed by atoms with E-state index in [1.807, 2.05) is 13.8 Å². The summed E-state index contributed by atoms with van der Waals surface area (Å²) in [7, 11) is 1.55. The van der Waals surface area contributed by atoms with Gasteiger partial charge in [0.1, 0.15) is 6.61 Å². The number of ether oxygens (including phenoxy) is 2. The van der Waals surface area contributed by atoms with Crippen LogP contribution < -0.4 is 0 Å². The van der Waals surface area contributed by atoms with E-state index in [1.54, 1.807) is 18.9 Å². The first kappa shape index (κ1) is 18.2. The molecule has 0 rings (SSSR count). The zero-order valence-corrected chi connectivity index (χ0v) is 12.7. The van der Waals surface area contributed by atoms with Gasteiger partial charge in [0.15, 0.2) is 0 Å². The molecule has 0 aromatic heterocycles. The molecule has 0 radical (unpaired) electrons. The summed E-state index contributed by atoms with van der Waals surface area (Å²) < 4.78 is 9.82. The lowest BCUT2D eigenvalue weighted by Gasteiger charge is -2.19. The van der Waals surface area contributed by atoms with Crippen molar-refractivity contribution in [1.29, 1.82) is 0 Å². The summed E-state index contributed by atoms with van der Waals surface area (Å²) >= 11 is 1.57. The van der Waals surface area contributed by atoms with Crippen LogP contribution in [0.5, 0.6) is 0 Å². The Balaban J connectivity index is 4.10. The van der Waals surface area contributed by atoms with Crippen LogP contribution in [-0.4, -0.2) is 47.9 Å². The maximum atomic E-state index is 11.6. The zero-order chi connectivity index (χ0) is 14.7. The maximum Gasteiger partial charge on any atom is 0.306 e. The highest BCUT2D eigenvalue weighted by Crippen LogP contribution is 2.27. The summed E-state index contributed by atoms with van der Waals surface area (Å²) in [6.07, 6.45) is 2.06. The molecule has 0 aromatic carbocycles. The van der Waals surface area contributed by atoms with Gasteiger partial charge in [0.2, 0.25) is 0 Å². The van der Waals surface area contributed by atoms with Crippen LogP contribution in [0.2, 0.25) is 0 Å². The van der Waals surface area contributed by atoms with Crippen LogP contribution in [-0.2, 0) is 19.1 Å². The lowest BCUT2D eigenvalue weighted by molar-refractivity contribution is -0.144. The Bertz CT molecular complexity index is 270. The first-order valence-corrected chi connectivity index (χ1v) is 7.49. The molecule has 1 N–H and O–H groups in total. The molecule has 6 heteroatoms. The standard InChI is InChI=1S/C13H24O5S/c1-4-10(8-12(14)15)19-11(5-2)9-13(16)18-7-6-17-3/h10-11H,4-9H2,1-3H3,(H,14,15). The number of aliphatic carboxylic acids is 1. The fourth-order valence-electron chi connectivity index (χ4n) is 1.53. The summed E-state index contributed by atoms with van der Waals surface area (Å²) in [6, 6.07) is 0. The van der Waals surface area contributed by atoms with Crippen molar-refractivity contribution in [2.75, 3.05) is 20.3 Å². The molecule has 5 nitrogen and oxygen atoms in total. The Labute approximate surface area is 119 Å². The number of carboxylic acids is 1. The van der Waals surface area contributed by atoms with Gasteiger partial charge in [-0.2, -0.15) is 11.8 Å². The zero-order valence-electron chi connectivity index (χ0n) is 11.9. The van der Waals surface area contributed by atoms with Crippen molar-refractivity contribution in [2.24, 2.45) is 0 Å². The van der Waals surface area contributed by atoms with E-state index in [-0.39, 0.29) is 29.5 Å². The molecule has 2 atom stereocenters. The second-order valence-electron chi connectivity index (χ2n) is 4.21. The van der Waals surface area contributed by atoms with E-state index in [0.717, 1.165) is 12.8 Å². The third-order valence-corrected chi connectivity index (χ3v) is 4.41. The lowest BCUT2D eigenvalue weighted by Crippen LogP contribution is -2.19. The number of hydrogen-bond donors (Lipinski definition) is 1. The van der Waals surface area contributed by atoms with E-state index >= 15 is 0 Å². The fourth-order valence-corrected chi connectivity index (χ4v) is 2.93. The molecule has 0 aliphatic carbocycles. The Kier molecular flexibility index (Phi) is 10.7. The topological polar surface area (TPSA) is 72.8 Å². The van der Waals surface area contributed by atoms with Gasteiger partial charge in [-0.3, -0.25) is 9.59 Å². The largest absolute Gasteiger partial charge is 0.481 e. The first-order valence-electron chi connectivity index (χ1n) is 6.55. The molecule has 0 aliphatic heterocycles. The van der Waals surface area contributed by atoms with Crippen LogP contribution in [0.3, 0.4) is 0 Å². The quantitative estimate of drug-likeness (QED) is 0.465. The number of esters is 1. The van der Waals surface area contributed by atoms with Gasteiger partial charge >= 0.3 is 11.9 Å². The molecule has 112 valence electrons. The Morgan fingerprint density at radius 2 is 1.68 bits per heavy atom. The Morgan fingerprint density at radius 3 is 2.16 bits per heavy atom. The third-order valence-electron chi connectivity index (χ3n) is 2.64. The molecule has 0 saturated heterocycles. The molecule has 0 aliphatic rings. The van der Waals surface area contributed by atoms with Gasteiger partial charge < -0.3 is 14.6 Å². The number of methoxy groups -OCH3 is 1. The molecular formula is C13H24O5S. The van der Waals surface area contributed by atoms with Crippen LogP contribution in [0.4, 0.5) is 0 Å². The average Bonchev–Trinajstić information content (AvgIpc) is 2.36. The average molecular weight is 292 g/mol. The highest BCUT2D eigenvalue weighted by atomic mass is 32.2. The predicted molar refractivity (Wildman–Crippen MR) is 75.5 cm³/mol. The third kappa shape index (κ3) is 9.78. The van der Waals surface area contributed by atoms with Crippen molar-refractivity contribution in [3.8, 4) is 0 Å². The van der Waals surface area contributed by atoms with E-state index in [2.05, 4.69) is 0 Å². The molecule has 0 aromatic rings. The Hall–Kier alpha value is -0.750. The number of carbonyl (C=O) groups is 2. The van der Waals surface area contributed by atoms with Crippen molar-refractivity contribution < 1.29 is 24.2 Å². The molecule has 0 saturated carbocycles. The van der Waals surface area contributed by atoms with Crippen molar-refractivity contribution in [3.63, 3.8) is 0 Å². The van der Waals surface area contributed by atoms with Gasteiger partial charge in [-0.05, 0) is 12.8 Å². The van der Waals surface area contributed by atoms with E-state index in [4.69, 9.17) is 14.6 Å². The van der Waals surface area contributed by atoms with Gasteiger partial charge in [0.25, 0.3) is 0 Å². The van der Waals surface area contributed by atoms with Crippen LogP contribution in [0.25, 0.3) is 0 Å². The molecule has 0 bridgehead atoms. The van der Waals surface area contributed by atoms with Gasteiger partial charge in [0.05, 0.1) is 19.4 Å². The molecule has 2 unspecified atom stereocenters. The summed E-state index contributed by atoms with van der Waals surface area (Å²) in [5.41, 5.74) is 0. The van der Waals surface area contributed by atoms with E-state index in [1.165, 1.54) is 0 Å². The number of carboxylic acid groups (broad SMARTS) is 1. The summed E-state index contributed by atoms with van der Waals surface area (Å²) in [5.74, 6) is -1.04. The highest BCUT2D eigenvalue weighted by molar-refractivity contribution is 8.00. The maximum absolute atomic E-state index is 11.6. The summed E-state index contributed by atoms with van der Waals surface area (Å²) in [5, 5.41) is 8.97. The lowest BCUT2D eigenvalue weighted by atomic mass is 10.2. The van der Waals surface area contributed by atoms with Crippen LogP contribution in [0.1, 0.15) is 39.5 Å². The number of rotatable bonds is 11. The molecule has 19 heavy (non-hydrogen) atoms. The van der Waals surface area contributed by atoms with Crippen molar-refractivity contribution in [3.05, 3.63) is 0 Å². The van der Waals surface area contributed by atoms with Gasteiger partial charge in [-0.1, -0.05) is 13.8 Å². The molecular weight excluding hydrogens is 268 g/mol.